The minimum absolute atomic E-state index is 0. The van der Waals surface area contributed by atoms with E-state index in [1.54, 1.807) is 0 Å². The molecule has 19 heavy (non-hydrogen) atoms. The normalized spacial score (nSPS) is 13.2. The van der Waals surface area contributed by atoms with Crippen LogP contribution in [0.15, 0.2) is 4.99 Å². The lowest BCUT2D eigenvalue weighted by atomic mass is 10.2. The third-order valence-corrected chi connectivity index (χ3v) is 3.00. The molecule has 2 heterocycles. The number of fused-ring (bicyclic) bond motifs is 1. The van der Waals surface area contributed by atoms with Gasteiger partial charge in [-0.25, -0.2) is 4.99 Å². The van der Waals surface area contributed by atoms with E-state index in [4.69, 9.17) is 0 Å². The minimum Gasteiger partial charge on any atom is -0.357 e. The van der Waals surface area contributed by atoms with Crippen molar-refractivity contribution < 1.29 is 0 Å². The van der Waals surface area contributed by atoms with Crippen molar-refractivity contribution in [3.63, 3.8) is 0 Å². The smallest absolute Gasteiger partial charge is 0.191 e. The molecule has 1 aliphatic heterocycles. The summed E-state index contributed by atoms with van der Waals surface area (Å²) >= 11 is 0. The summed E-state index contributed by atoms with van der Waals surface area (Å²) in [4.78, 5) is 4.52. The molecule has 1 aromatic rings. The Balaban J connectivity index is 0.00000180. The summed E-state index contributed by atoms with van der Waals surface area (Å²) < 4.78 is 2.21. The maximum absolute atomic E-state index is 4.52. The Bertz CT molecular complexity index is 406. The molecule has 0 unspecified atom stereocenters. The molecule has 0 fully saturated rings. The van der Waals surface area contributed by atoms with Crippen molar-refractivity contribution in [2.24, 2.45) is 4.99 Å². The van der Waals surface area contributed by atoms with E-state index in [-0.39, 0.29) is 24.0 Å². The lowest BCUT2D eigenvalue weighted by Gasteiger charge is -2.14. The van der Waals surface area contributed by atoms with Crippen LogP contribution in [-0.4, -0.2) is 33.8 Å². The molecule has 108 valence electrons. The Morgan fingerprint density at radius 2 is 1.95 bits per heavy atom. The highest BCUT2D eigenvalue weighted by Crippen LogP contribution is 2.14. The second kappa shape index (κ2) is 8.34. The third-order valence-electron chi connectivity index (χ3n) is 3.00. The number of aryl methyl sites for hydroxylation is 1. The van der Waals surface area contributed by atoms with Gasteiger partial charge in [-0.3, -0.25) is 0 Å². The number of aliphatic imine (C=N–C) groups is 1. The quantitative estimate of drug-likeness (QED) is 0.471. The van der Waals surface area contributed by atoms with Crippen LogP contribution >= 0.6 is 24.0 Å². The molecule has 2 rings (SSSR count). The van der Waals surface area contributed by atoms with E-state index in [1.807, 2.05) is 0 Å². The van der Waals surface area contributed by atoms with E-state index in [0.717, 1.165) is 43.7 Å². The van der Waals surface area contributed by atoms with Crippen molar-refractivity contribution in [3.8, 4) is 0 Å². The maximum Gasteiger partial charge on any atom is 0.191 e. The fourth-order valence-corrected chi connectivity index (χ4v) is 2.14. The standard InChI is InChI=1S/C12H22N6.HI/c1-3-13-12(14-4-2)15-9-11-17-16-10-7-5-6-8-18(10)11;/h3-9H2,1-2H3,(H2,13,14,15);1H. The van der Waals surface area contributed by atoms with E-state index >= 15 is 0 Å². The van der Waals surface area contributed by atoms with Gasteiger partial charge in [-0.1, -0.05) is 0 Å². The second-order valence-electron chi connectivity index (χ2n) is 4.37. The van der Waals surface area contributed by atoms with Gasteiger partial charge < -0.3 is 15.2 Å². The molecule has 0 aromatic carbocycles. The number of nitrogens with zero attached hydrogens (tertiary/aromatic N) is 4. The molecule has 0 aliphatic carbocycles. The summed E-state index contributed by atoms with van der Waals surface area (Å²) in [5.74, 6) is 2.92. The number of halogens is 1. The van der Waals surface area contributed by atoms with E-state index in [2.05, 4.69) is 44.2 Å². The van der Waals surface area contributed by atoms with E-state index in [0.29, 0.717) is 6.54 Å². The van der Waals surface area contributed by atoms with Gasteiger partial charge >= 0.3 is 0 Å². The zero-order chi connectivity index (χ0) is 12.8. The number of guanidine groups is 1. The molecule has 2 N–H and O–H groups in total. The van der Waals surface area contributed by atoms with Gasteiger partial charge in [0.05, 0.1) is 0 Å². The summed E-state index contributed by atoms with van der Waals surface area (Å²) in [7, 11) is 0. The van der Waals surface area contributed by atoms with Gasteiger partial charge in [0, 0.05) is 26.1 Å². The fourth-order valence-electron chi connectivity index (χ4n) is 2.14. The summed E-state index contributed by atoms with van der Waals surface area (Å²) in [5, 5.41) is 14.9. The average molecular weight is 378 g/mol. The zero-order valence-corrected chi connectivity index (χ0v) is 14.0. The Morgan fingerprint density at radius 3 is 2.63 bits per heavy atom. The van der Waals surface area contributed by atoms with E-state index in [1.165, 1.54) is 12.8 Å². The van der Waals surface area contributed by atoms with Crippen LogP contribution in [0, 0.1) is 0 Å². The second-order valence-corrected chi connectivity index (χ2v) is 4.37. The molecule has 7 heteroatoms. The molecule has 0 atom stereocenters. The van der Waals surface area contributed by atoms with Crippen LogP contribution in [0.5, 0.6) is 0 Å². The van der Waals surface area contributed by atoms with Crippen molar-refractivity contribution >= 4 is 29.9 Å². The lowest BCUT2D eigenvalue weighted by Crippen LogP contribution is -2.37. The average Bonchev–Trinajstić information content (AvgIpc) is 2.80. The van der Waals surface area contributed by atoms with Gasteiger partial charge in [-0.15, -0.1) is 34.2 Å². The van der Waals surface area contributed by atoms with Crippen LogP contribution in [0.3, 0.4) is 0 Å². The predicted octanol–water partition coefficient (Wildman–Crippen LogP) is 1.31. The van der Waals surface area contributed by atoms with E-state index < -0.39 is 0 Å². The van der Waals surface area contributed by atoms with Gasteiger partial charge in [-0.05, 0) is 26.7 Å². The summed E-state index contributed by atoms with van der Waals surface area (Å²) in [5.41, 5.74) is 0. The minimum atomic E-state index is 0. The first-order valence-electron chi connectivity index (χ1n) is 6.78. The van der Waals surface area contributed by atoms with Crippen LogP contribution in [0.4, 0.5) is 0 Å². The Kier molecular flexibility index (Phi) is 7.11. The Morgan fingerprint density at radius 1 is 1.21 bits per heavy atom. The molecule has 0 radical (unpaired) electrons. The van der Waals surface area contributed by atoms with Gasteiger partial charge in [0.2, 0.25) is 0 Å². The van der Waals surface area contributed by atoms with E-state index in [9.17, 15) is 0 Å². The van der Waals surface area contributed by atoms with Gasteiger partial charge in [0.1, 0.15) is 12.4 Å². The zero-order valence-electron chi connectivity index (χ0n) is 11.6. The van der Waals surface area contributed by atoms with Crippen molar-refractivity contribution in [1.82, 2.24) is 25.4 Å². The molecular weight excluding hydrogens is 355 g/mol. The summed E-state index contributed by atoms with van der Waals surface area (Å²) in [6.45, 7) is 7.47. The first-order chi connectivity index (χ1) is 8.85. The molecule has 0 saturated carbocycles. The van der Waals surface area contributed by atoms with Crippen LogP contribution < -0.4 is 10.6 Å². The molecule has 1 aromatic heterocycles. The van der Waals surface area contributed by atoms with Gasteiger partial charge in [0.25, 0.3) is 0 Å². The van der Waals surface area contributed by atoms with Gasteiger partial charge in [-0.2, -0.15) is 0 Å². The molecule has 0 amide bonds. The highest BCUT2D eigenvalue weighted by molar-refractivity contribution is 14.0. The topological polar surface area (TPSA) is 67.1 Å². The monoisotopic (exact) mass is 378 g/mol. The van der Waals surface area contributed by atoms with Crippen molar-refractivity contribution in [2.75, 3.05) is 13.1 Å². The van der Waals surface area contributed by atoms with Crippen molar-refractivity contribution in [3.05, 3.63) is 11.6 Å². The Labute approximate surface area is 131 Å². The highest BCUT2D eigenvalue weighted by Gasteiger charge is 2.15. The number of rotatable bonds is 4. The largest absolute Gasteiger partial charge is 0.357 e. The molecule has 0 saturated heterocycles. The van der Waals surface area contributed by atoms with Crippen molar-refractivity contribution in [2.45, 2.75) is 46.2 Å². The molecule has 0 spiro atoms. The first kappa shape index (κ1) is 16.2. The number of hydrogen-bond acceptors (Lipinski definition) is 3. The fraction of sp³-hybridized carbons (Fsp3) is 0.750. The van der Waals surface area contributed by atoms with Crippen LogP contribution in [0.2, 0.25) is 0 Å². The SMILES string of the molecule is CCNC(=NCc1nnc2n1CCCC2)NCC.I. The van der Waals surface area contributed by atoms with Crippen LogP contribution in [0.1, 0.15) is 38.3 Å². The summed E-state index contributed by atoms with van der Waals surface area (Å²) in [6.07, 6.45) is 3.49. The predicted molar refractivity (Wildman–Crippen MR) is 86.9 cm³/mol. The van der Waals surface area contributed by atoms with Crippen LogP contribution in [0.25, 0.3) is 0 Å². The molecule has 6 nitrogen and oxygen atoms in total. The number of aromatic nitrogens is 3. The Hall–Kier alpha value is -0.860. The van der Waals surface area contributed by atoms with Crippen LogP contribution in [-0.2, 0) is 19.5 Å². The number of nitrogens with one attached hydrogen (secondary N) is 2. The lowest BCUT2D eigenvalue weighted by molar-refractivity contribution is 0.508. The molecule has 1 aliphatic rings. The molecule has 0 bridgehead atoms. The van der Waals surface area contributed by atoms with Gasteiger partial charge in [0.15, 0.2) is 11.8 Å². The number of hydrogen-bond donors (Lipinski definition) is 2. The van der Waals surface area contributed by atoms with Crippen molar-refractivity contribution in [1.29, 1.82) is 0 Å². The molecular formula is C12H23IN6. The maximum atomic E-state index is 4.52. The third kappa shape index (κ3) is 4.32. The highest BCUT2D eigenvalue weighted by atomic mass is 127. The summed E-state index contributed by atoms with van der Waals surface area (Å²) in [6, 6.07) is 0. The first-order valence-corrected chi connectivity index (χ1v) is 6.78.